The van der Waals surface area contributed by atoms with E-state index in [4.69, 9.17) is 32.7 Å². The summed E-state index contributed by atoms with van der Waals surface area (Å²) in [6.45, 7) is 1.48. The van der Waals surface area contributed by atoms with Gasteiger partial charge in [0.1, 0.15) is 12.4 Å². The predicted molar refractivity (Wildman–Crippen MR) is 123 cm³/mol. The van der Waals surface area contributed by atoms with Gasteiger partial charge in [0.15, 0.2) is 11.5 Å². The third-order valence-electron chi connectivity index (χ3n) is 4.59. The molecule has 0 spiro atoms. The van der Waals surface area contributed by atoms with Crippen molar-refractivity contribution in [2.75, 3.05) is 13.7 Å². The van der Waals surface area contributed by atoms with Gasteiger partial charge in [-0.1, -0.05) is 57.3 Å². The van der Waals surface area contributed by atoms with Crippen LogP contribution in [0.1, 0.15) is 16.7 Å². The Labute approximate surface area is 194 Å². The third-order valence-corrected chi connectivity index (χ3v) is 5.93. The van der Waals surface area contributed by atoms with E-state index in [1.165, 1.54) is 11.6 Å². The zero-order valence-corrected chi connectivity index (χ0v) is 19.5. The number of ether oxygens (including phenoxy) is 2. The van der Waals surface area contributed by atoms with Crippen molar-refractivity contribution in [3.05, 3.63) is 91.6 Å². The number of rotatable bonds is 9. The topological polar surface area (TPSA) is 30.5 Å². The largest absolute Gasteiger partial charge is 0.493 e. The Hall–Kier alpha value is -1.79. The number of hydrogen-bond donors (Lipinski definition) is 1. The molecule has 0 fully saturated rings. The summed E-state index contributed by atoms with van der Waals surface area (Å²) in [6.07, 6.45) is 0.899. The van der Waals surface area contributed by atoms with E-state index in [0.717, 1.165) is 28.0 Å². The second-order valence-electron chi connectivity index (χ2n) is 6.64. The quantitative estimate of drug-likeness (QED) is 0.319. The molecule has 0 aliphatic carbocycles. The normalized spacial score (nSPS) is 10.8. The molecule has 3 aromatic rings. The maximum absolute atomic E-state index is 14.0. The fourth-order valence-corrected chi connectivity index (χ4v) is 3.72. The Kier molecular flexibility index (Phi) is 8.40. The van der Waals surface area contributed by atoms with E-state index >= 15 is 0 Å². The van der Waals surface area contributed by atoms with E-state index in [-0.39, 0.29) is 6.61 Å². The molecule has 0 heterocycles. The Morgan fingerprint density at radius 1 is 1.03 bits per heavy atom. The lowest BCUT2D eigenvalue weighted by molar-refractivity contribution is 0.279. The molecule has 0 aliphatic rings. The van der Waals surface area contributed by atoms with E-state index in [0.29, 0.717) is 28.6 Å². The van der Waals surface area contributed by atoms with Crippen LogP contribution >= 0.6 is 39.1 Å². The predicted octanol–water partition coefficient (Wildman–Crippen LogP) is 6.81. The van der Waals surface area contributed by atoms with Crippen LogP contribution in [0.5, 0.6) is 11.5 Å². The van der Waals surface area contributed by atoms with Gasteiger partial charge in [-0.2, -0.15) is 0 Å². The summed E-state index contributed by atoms with van der Waals surface area (Å²) >= 11 is 15.6. The number of benzene rings is 3. The summed E-state index contributed by atoms with van der Waals surface area (Å²) in [5, 5.41) is 4.49. The van der Waals surface area contributed by atoms with Gasteiger partial charge in [-0.15, -0.1) is 0 Å². The van der Waals surface area contributed by atoms with Crippen molar-refractivity contribution >= 4 is 39.1 Å². The smallest absolute Gasteiger partial charge is 0.162 e. The van der Waals surface area contributed by atoms with Crippen LogP contribution in [0.15, 0.2) is 59.1 Å². The van der Waals surface area contributed by atoms with Crippen LogP contribution in [0.2, 0.25) is 10.0 Å². The molecule has 0 aliphatic heterocycles. The number of halogens is 4. The molecule has 0 saturated heterocycles. The van der Waals surface area contributed by atoms with Crippen LogP contribution in [0.4, 0.5) is 4.39 Å². The number of nitrogens with one attached hydrogen (secondary N) is 1. The summed E-state index contributed by atoms with van der Waals surface area (Å²) in [4.78, 5) is 0. The maximum atomic E-state index is 14.0. The average molecular weight is 513 g/mol. The van der Waals surface area contributed by atoms with Gasteiger partial charge in [-0.3, -0.25) is 0 Å². The molecular weight excluding hydrogens is 492 g/mol. The van der Waals surface area contributed by atoms with Gasteiger partial charge in [0, 0.05) is 21.6 Å². The van der Waals surface area contributed by atoms with Crippen LogP contribution in [0.3, 0.4) is 0 Å². The van der Waals surface area contributed by atoms with Crippen molar-refractivity contribution in [2.45, 2.75) is 19.6 Å². The lowest BCUT2D eigenvalue weighted by Crippen LogP contribution is -2.17. The van der Waals surface area contributed by atoms with Gasteiger partial charge >= 0.3 is 0 Å². The van der Waals surface area contributed by atoms with Gasteiger partial charge in [-0.25, -0.2) is 4.39 Å². The SMILES string of the molecule is COc1cc(CNCCc2ccc(Cl)cc2)c(Br)cc1OCc1c(F)cccc1Cl. The van der Waals surface area contributed by atoms with Gasteiger partial charge in [0.2, 0.25) is 0 Å². The fourth-order valence-electron chi connectivity index (χ4n) is 2.91. The fraction of sp³-hybridized carbons (Fsp3) is 0.217. The van der Waals surface area contributed by atoms with Gasteiger partial charge < -0.3 is 14.8 Å². The first-order chi connectivity index (χ1) is 14.5. The third kappa shape index (κ3) is 6.11. The molecule has 158 valence electrons. The Bertz CT molecular complexity index is 979. The van der Waals surface area contributed by atoms with Crippen molar-refractivity contribution in [3.63, 3.8) is 0 Å². The van der Waals surface area contributed by atoms with E-state index in [1.807, 2.05) is 36.4 Å². The van der Waals surface area contributed by atoms with Crippen LogP contribution in [-0.4, -0.2) is 13.7 Å². The van der Waals surface area contributed by atoms with E-state index in [1.54, 1.807) is 19.2 Å². The summed E-state index contributed by atoms with van der Waals surface area (Å²) in [7, 11) is 1.57. The Morgan fingerprint density at radius 2 is 1.80 bits per heavy atom. The first-order valence-electron chi connectivity index (χ1n) is 9.35. The lowest BCUT2D eigenvalue weighted by Gasteiger charge is -2.15. The standard InChI is InChI=1S/C23H21BrCl2FNO2/c1-29-22-11-16(13-28-10-9-15-5-7-17(25)8-6-15)19(24)12-23(22)30-14-18-20(26)3-2-4-21(18)27/h2-8,11-12,28H,9-10,13-14H2,1H3. The highest BCUT2D eigenvalue weighted by Gasteiger charge is 2.13. The van der Waals surface area contributed by atoms with Gasteiger partial charge in [0.25, 0.3) is 0 Å². The van der Waals surface area contributed by atoms with E-state index < -0.39 is 5.82 Å². The molecule has 3 nitrogen and oxygen atoms in total. The summed E-state index contributed by atoms with van der Waals surface area (Å²) in [5.41, 5.74) is 2.56. The zero-order chi connectivity index (χ0) is 21.5. The van der Waals surface area contributed by atoms with Crippen molar-refractivity contribution in [1.29, 1.82) is 0 Å². The maximum Gasteiger partial charge on any atom is 0.162 e. The van der Waals surface area contributed by atoms with Crippen LogP contribution < -0.4 is 14.8 Å². The highest BCUT2D eigenvalue weighted by molar-refractivity contribution is 9.10. The average Bonchev–Trinajstić information content (AvgIpc) is 2.73. The molecule has 3 rings (SSSR count). The van der Waals surface area contributed by atoms with Crippen molar-refractivity contribution < 1.29 is 13.9 Å². The highest BCUT2D eigenvalue weighted by Crippen LogP contribution is 2.34. The molecule has 7 heteroatoms. The molecule has 0 amide bonds. The van der Waals surface area contributed by atoms with Crippen molar-refractivity contribution in [2.24, 2.45) is 0 Å². The zero-order valence-electron chi connectivity index (χ0n) is 16.4. The number of hydrogen-bond acceptors (Lipinski definition) is 3. The summed E-state index contributed by atoms with van der Waals surface area (Å²) < 4.78 is 26.1. The molecule has 0 bridgehead atoms. The second-order valence-corrected chi connectivity index (χ2v) is 8.33. The number of methoxy groups -OCH3 is 1. The molecule has 0 atom stereocenters. The minimum Gasteiger partial charge on any atom is -0.493 e. The van der Waals surface area contributed by atoms with Crippen LogP contribution in [0, 0.1) is 5.82 Å². The minimum atomic E-state index is -0.401. The van der Waals surface area contributed by atoms with Crippen LogP contribution in [0.25, 0.3) is 0 Å². The summed E-state index contributed by atoms with van der Waals surface area (Å²) in [5.74, 6) is 0.677. The van der Waals surface area contributed by atoms with Crippen LogP contribution in [-0.2, 0) is 19.6 Å². The molecule has 0 aromatic heterocycles. The van der Waals surface area contributed by atoms with E-state index in [2.05, 4.69) is 21.2 Å². The summed E-state index contributed by atoms with van der Waals surface area (Å²) in [6, 6.07) is 16.1. The second kappa shape index (κ2) is 11.0. The van der Waals surface area contributed by atoms with Crippen molar-refractivity contribution in [3.8, 4) is 11.5 Å². The van der Waals surface area contributed by atoms with Gasteiger partial charge in [-0.05, 0) is 60.5 Å². The molecule has 0 radical (unpaired) electrons. The molecule has 30 heavy (non-hydrogen) atoms. The highest BCUT2D eigenvalue weighted by atomic mass is 79.9. The molecular formula is C23H21BrCl2FNO2. The van der Waals surface area contributed by atoms with Crippen molar-refractivity contribution in [1.82, 2.24) is 5.32 Å². The Balaban J connectivity index is 1.61. The first kappa shape index (κ1) is 22.9. The lowest BCUT2D eigenvalue weighted by atomic mass is 10.1. The molecule has 3 aromatic carbocycles. The Morgan fingerprint density at radius 3 is 2.50 bits per heavy atom. The van der Waals surface area contributed by atoms with E-state index in [9.17, 15) is 4.39 Å². The molecule has 0 unspecified atom stereocenters. The minimum absolute atomic E-state index is 0.00694. The molecule has 1 N–H and O–H groups in total. The monoisotopic (exact) mass is 511 g/mol. The molecule has 0 saturated carbocycles. The first-order valence-corrected chi connectivity index (χ1v) is 10.9. The van der Waals surface area contributed by atoms with Gasteiger partial charge in [0.05, 0.1) is 12.1 Å².